The topological polar surface area (TPSA) is 37.6 Å². The van der Waals surface area contributed by atoms with Crippen molar-refractivity contribution < 1.29 is 9.15 Å². The van der Waals surface area contributed by atoms with Crippen LogP contribution in [-0.2, 0) is 4.74 Å². The van der Waals surface area contributed by atoms with E-state index in [4.69, 9.17) is 9.15 Å². The fraction of sp³-hybridized carbons (Fsp3) is 0.529. The van der Waals surface area contributed by atoms with Gasteiger partial charge in [0.2, 0.25) is 0 Å². The van der Waals surface area contributed by atoms with Crippen molar-refractivity contribution in [1.29, 1.82) is 0 Å². The maximum atomic E-state index is 6.05. The van der Waals surface area contributed by atoms with E-state index in [-0.39, 0.29) is 6.04 Å². The first-order chi connectivity index (χ1) is 10.4. The molecule has 0 amide bonds. The number of benzene rings is 1. The lowest BCUT2D eigenvalue weighted by Crippen LogP contribution is -2.41. The Morgan fingerprint density at radius 3 is 2.81 bits per heavy atom. The molecule has 21 heavy (non-hydrogen) atoms. The molecule has 0 spiro atoms. The van der Waals surface area contributed by atoms with Gasteiger partial charge in [-0.3, -0.25) is 4.90 Å². The lowest BCUT2D eigenvalue weighted by Gasteiger charge is -2.30. The fourth-order valence-corrected chi connectivity index (χ4v) is 2.79. The molecular weight excluding hydrogens is 264 g/mol. The molecule has 3 rings (SSSR count). The van der Waals surface area contributed by atoms with Crippen LogP contribution in [0.2, 0.25) is 0 Å². The van der Waals surface area contributed by atoms with Crippen molar-refractivity contribution in [3.8, 4) is 0 Å². The van der Waals surface area contributed by atoms with Crippen LogP contribution in [-0.4, -0.2) is 44.3 Å². The summed E-state index contributed by atoms with van der Waals surface area (Å²) in [7, 11) is 0. The molecule has 1 fully saturated rings. The predicted molar refractivity (Wildman–Crippen MR) is 84.5 cm³/mol. The Bertz CT molecular complexity index is 528. The summed E-state index contributed by atoms with van der Waals surface area (Å²) in [5.41, 5.74) is 0.970. The van der Waals surface area contributed by atoms with Crippen molar-refractivity contribution in [2.45, 2.75) is 19.4 Å². The van der Waals surface area contributed by atoms with Crippen LogP contribution in [0.3, 0.4) is 0 Å². The van der Waals surface area contributed by atoms with E-state index in [1.54, 1.807) is 0 Å². The molecule has 1 atom stereocenters. The summed E-state index contributed by atoms with van der Waals surface area (Å²) in [6.45, 7) is 7.85. The molecule has 1 saturated heterocycles. The van der Waals surface area contributed by atoms with Gasteiger partial charge in [-0.1, -0.05) is 25.1 Å². The number of para-hydroxylation sites is 1. The zero-order valence-electron chi connectivity index (χ0n) is 12.7. The molecule has 2 aromatic rings. The van der Waals surface area contributed by atoms with Crippen LogP contribution in [0.25, 0.3) is 11.0 Å². The minimum Gasteiger partial charge on any atom is -0.459 e. The Hall–Kier alpha value is -1.36. The summed E-state index contributed by atoms with van der Waals surface area (Å²) in [4.78, 5) is 2.45. The number of nitrogens with zero attached hydrogens (tertiary/aromatic N) is 1. The second-order valence-electron chi connectivity index (χ2n) is 5.61. The number of hydrogen-bond donors (Lipinski definition) is 1. The standard InChI is InChI=1S/C17H24N2O2/c1-2-7-18-15(13-19-8-10-20-11-9-19)17-12-14-5-3-4-6-16(14)21-17/h3-6,12,15,18H,2,7-11,13H2,1H3. The third kappa shape index (κ3) is 3.64. The van der Waals surface area contributed by atoms with E-state index in [9.17, 15) is 0 Å². The Morgan fingerprint density at radius 2 is 2.05 bits per heavy atom. The predicted octanol–water partition coefficient (Wildman–Crippen LogP) is 2.81. The van der Waals surface area contributed by atoms with Crippen molar-refractivity contribution in [2.75, 3.05) is 39.4 Å². The molecule has 0 aliphatic carbocycles. The summed E-state index contributed by atoms with van der Waals surface area (Å²) in [5, 5.41) is 4.80. The van der Waals surface area contributed by atoms with E-state index >= 15 is 0 Å². The molecule has 0 radical (unpaired) electrons. The molecule has 1 aliphatic heterocycles. The van der Waals surface area contributed by atoms with Crippen molar-refractivity contribution in [2.24, 2.45) is 0 Å². The van der Waals surface area contributed by atoms with Crippen LogP contribution in [0, 0.1) is 0 Å². The van der Waals surface area contributed by atoms with Crippen LogP contribution >= 0.6 is 0 Å². The van der Waals surface area contributed by atoms with Gasteiger partial charge in [0.25, 0.3) is 0 Å². The Labute approximate surface area is 126 Å². The van der Waals surface area contributed by atoms with E-state index in [2.05, 4.69) is 35.3 Å². The van der Waals surface area contributed by atoms with Crippen molar-refractivity contribution in [3.05, 3.63) is 36.1 Å². The van der Waals surface area contributed by atoms with Gasteiger partial charge in [-0.2, -0.15) is 0 Å². The van der Waals surface area contributed by atoms with E-state index in [0.717, 1.165) is 57.2 Å². The fourth-order valence-electron chi connectivity index (χ4n) is 2.79. The van der Waals surface area contributed by atoms with E-state index in [0.29, 0.717) is 0 Å². The van der Waals surface area contributed by atoms with E-state index in [1.165, 1.54) is 5.39 Å². The van der Waals surface area contributed by atoms with Crippen molar-refractivity contribution in [3.63, 3.8) is 0 Å². The summed E-state index contributed by atoms with van der Waals surface area (Å²) >= 11 is 0. The minimum atomic E-state index is 0.246. The first-order valence-corrected chi connectivity index (χ1v) is 7.89. The molecule has 2 heterocycles. The van der Waals surface area contributed by atoms with Crippen LogP contribution < -0.4 is 5.32 Å². The van der Waals surface area contributed by atoms with Crippen LogP contribution in [0.15, 0.2) is 34.7 Å². The van der Waals surface area contributed by atoms with Gasteiger partial charge in [0, 0.05) is 25.0 Å². The van der Waals surface area contributed by atoms with Crippen LogP contribution in [0.5, 0.6) is 0 Å². The Morgan fingerprint density at radius 1 is 1.24 bits per heavy atom. The molecule has 114 valence electrons. The summed E-state index contributed by atoms with van der Waals surface area (Å²) in [5.74, 6) is 1.04. The highest BCUT2D eigenvalue weighted by molar-refractivity contribution is 5.77. The molecular formula is C17H24N2O2. The van der Waals surface area contributed by atoms with Gasteiger partial charge in [-0.25, -0.2) is 0 Å². The summed E-state index contributed by atoms with van der Waals surface area (Å²) in [6.07, 6.45) is 1.12. The van der Waals surface area contributed by atoms with Crippen molar-refractivity contribution in [1.82, 2.24) is 10.2 Å². The highest BCUT2D eigenvalue weighted by atomic mass is 16.5. The largest absolute Gasteiger partial charge is 0.459 e. The van der Waals surface area contributed by atoms with Gasteiger partial charge in [-0.15, -0.1) is 0 Å². The number of fused-ring (bicyclic) bond motifs is 1. The van der Waals surface area contributed by atoms with Gasteiger partial charge in [-0.05, 0) is 25.1 Å². The third-order valence-electron chi connectivity index (χ3n) is 3.97. The van der Waals surface area contributed by atoms with Gasteiger partial charge in [0.1, 0.15) is 11.3 Å². The Kier molecular flexibility index (Phi) is 4.91. The third-order valence-corrected chi connectivity index (χ3v) is 3.97. The van der Waals surface area contributed by atoms with Crippen LogP contribution in [0.4, 0.5) is 0 Å². The number of ether oxygens (including phenoxy) is 1. The van der Waals surface area contributed by atoms with Gasteiger partial charge < -0.3 is 14.5 Å². The molecule has 1 unspecified atom stereocenters. The summed E-state index contributed by atoms with van der Waals surface area (Å²) < 4.78 is 11.5. The first kappa shape index (κ1) is 14.6. The minimum absolute atomic E-state index is 0.246. The molecule has 0 bridgehead atoms. The van der Waals surface area contributed by atoms with Crippen LogP contribution in [0.1, 0.15) is 25.1 Å². The number of morpholine rings is 1. The average molecular weight is 288 g/mol. The molecule has 1 N–H and O–H groups in total. The van der Waals surface area contributed by atoms with E-state index in [1.807, 2.05) is 12.1 Å². The number of hydrogen-bond acceptors (Lipinski definition) is 4. The number of furan rings is 1. The molecule has 0 saturated carbocycles. The molecule has 1 aromatic heterocycles. The molecule has 4 nitrogen and oxygen atoms in total. The molecule has 1 aromatic carbocycles. The van der Waals surface area contributed by atoms with Crippen molar-refractivity contribution >= 4 is 11.0 Å². The molecule has 1 aliphatic rings. The lowest BCUT2D eigenvalue weighted by atomic mass is 10.1. The van der Waals surface area contributed by atoms with Gasteiger partial charge in [0.15, 0.2) is 0 Å². The normalized spacial score (nSPS) is 18.1. The maximum absolute atomic E-state index is 6.05. The second-order valence-corrected chi connectivity index (χ2v) is 5.61. The second kappa shape index (κ2) is 7.07. The van der Waals surface area contributed by atoms with E-state index < -0.39 is 0 Å². The monoisotopic (exact) mass is 288 g/mol. The average Bonchev–Trinajstić information content (AvgIpc) is 2.96. The highest BCUT2D eigenvalue weighted by Gasteiger charge is 2.20. The zero-order chi connectivity index (χ0) is 14.5. The Balaban J connectivity index is 1.76. The number of rotatable bonds is 6. The van der Waals surface area contributed by atoms with Gasteiger partial charge in [0.05, 0.1) is 19.3 Å². The molecule has 4 heteroatoms. The zero-order valence-corrected chi connectivity index (χ0v) is 12.7. The SMILES string of the molecule is CCCNC(CN1CCOCC1)c1cc2ccccc2o1. The van der Waals surface area contributed by atoms with Gasteiger partial charge >= 0.3 is 0 Å². The first-order valence-electron chi connectivity index (χ1n) is 7.89. The number of nitrogens with one attached hydrogen (secondary N) is 1. The summed E-state index contributed by atoms with van der Waals surface area (Å²) in [6, 6.07) is 10.6. The lowest BCUT2D eigenvalue weighted by molar-refractivity contribution is 0.0324. The smallest absolute Gasteiger partial charge is 0.134 e. The highest BCUT2D eigenvalue weighted by Crippen LogP contribution is 2.24. The quantitative estimate of drug-likeness (QED) is 0.887. The maximum Gasteiger partial charge on any atom is 0.134 e.